The molecule has 2 N–H and O–H groups in total. The summed E-state index contributed by atoms with van der Waals surface area (Å²) in [5.41, 5.74) is 9.46. The van der Waals surface area contributed by atoms with E-state index < -0.39 is 11.8 Å². The Morgan fingerprint density at radius 2 is 1.62 bits per heavy atom. The number of hydrazine groups is 1. The lowest BCUT2D eigenvalue weighted by Crippen LogP contribution is -2.44. The number of ether oxygens (including phenoxy) is 1. The number of nitrogens with one attached hydrogen (secondary N) is 2. The summed E-state index contributed by atoms with van der Waals surface area (Å²) in [4.78, 5) is 24.6. The molecule has 0 fully saturated rings. The molecule has 29 heavy (non-hydrogen) atoms. The zero-order chi connectivity index (χ0) is 21.0. The van der Waals surface area contributed by atoms with Crippen molar-refractivity contribution in [1.29, 1.82) is 0 Å². The van der Waals surface area contributed by atoms with E-state index >= 15 is 0 Å². The number of nitrogens with zero attached hydrogens (tertiary/aromatic N) is 2. The van der Waals surface area contributed by atoms with Crippen LogP contribution in [-0.2, 0) is 4.79 Å². The Labute approximate surface area is 169 Å². The third-order valence-electron chi connectivity index (χ3n) is 4.40. The Morgan fingerprint density at radius 1 is 0.966 bits per heavy atom. The minimum atomic E-state index is -0.455. The van der Waals surface area contributed by atoms with Gasteiger partial charge in [0, 0.05) is 0 Å². The number of hydrogen-bond donors (Lipinski definition) is 2. The van der Waals surface area contributed by atoms with Gasteiger partial charge in [-0.05, 0) is 63.1 Å². The van der Waals surface area contributed by atoms with Crippen molar-refractivity contribution in [3.8, 4) is 11.4 Å². The number of amides is 2. The number of aromatic nitrogens is 2. The Kier molecular flexibility index (Phi) is 5.97. The molecule has 0 saturated heterocycles. The number of rotatable bonds is 5. The van der Waals surface area contributed by atoms with Gasteiger partial charge < -0.3 is 4.74 Å². The molecule has 0 radical (unpaired) electrons. The summed E-state index contributed by atoms with van der Waals surface area (Å²) in [5, 5.41) is 4.44. The van der Waals surface area contributed by atoms with E-state index in [1.165, 1.54) is 0 Å². The lowest BCUT2D eigenvalue weighted by Gasteiger charge is -2.10. The number of benzene rings is 2. The second-order valence-electron chi connectivity index (χ2n) is 6.91. The summed E-state index contributed by atoms with van der Waals surface area (Å²) in [7, 11) is 0. The van der Waals surface area contributed by atoms with Gasteiger partial charge in [0.25, 0.3) is 11.8 Å². The molecule has 0 atom stereocenters. The van der Waals surface area contributed by atoms with Crippen molar-refractivity contribution in [3.05, 3.63) is 76.6 Å². The Hall–Kier alpha value is -3.61. The van der Waals surface area contributed by atoms with Gasteiger partial charge in [0.05, 0.1) is 22.6 Å². The second-order valence-corrected chi connectivity index (χ2v) is 6.91. The van der Waals surface area contributed by atoms with Gasteiger partial charge in [-0.15, -0.1) is 0 Å². The maximum Gasteiger partial charge on any atom is 0.276 e. The molecule has 150 valence electrons. The topological polar surface area (TPSA) is 85.2 Å². The lowest BCUT2D eigenvalue weighted by atomic mass is 10.1. The Balaban J connectivity index is 1.60. The van der Waals surface area contributed by atoms with Crippen molar-refractivity contribution < 1.29 is 14.3 Å². The fourth-order valence-electron chi connectivity index (χ4n) is 3.18. The molecule has 2 aromatic carbocycles. The first-order valence-corrected chi connectivity index (χ1v) is 9.27. The van der Waals surface area contributed by atoms with Crippen molar-refractivity contribution in [1.82, 2.24) is 20.6 Å². The SMILES string of the molecule is Cc1cc(C)cc(OCC(=O)NNC(=O)c2c(C)nn(-c3ccccc3)c2C)c1. The van der Waals surface area contributed by atoms with Crippen LogP contribution >= 0.6 is 0 Å². The van der Waals surface area contributed by atoms with E-state index in [1.54, 1.807) is 11.6 Å². The van der Waals surface area contributed by atoms with Crippen LogP contribution in [0.25, 0.3) is 5.69 Å². The molecule has 3 aromatic rings. The zero-order valence-electron chi connectivity index (χ0n) is 16.9. The first-order valence-electron chi connectivity index (χ1n) is 9.27. The number of para-hydroxylation sites is 1. The van der Waals surface area contributed by atoms with Gasteiger partial charge in [0.2, 0.25) is 0 Å². The molecule has 1 aromatic heterocycles. The maximum atomic E-state index is 12.6. The molecule has 3 rings (SSSR count). The standard InChI is InChI=1S/C22H24N4O3/c1-14-10-15(2)12-19(11-14)29-13-20(27)23-24-22(28)21-16(3)25-26(17(21)4)18-8-6-5-7-9-18/h5-12H,13H2,1-4H3,(H,23,27)(H,24,28). The minimum Gasteiger partial charge on any atom is -0.484 e. The van der Waals surface area contributed by atoms with Crippen molar-refractivity contribution in [2.24, 2.45) is 0 Å². The fraction of sp³-hybridized carbons (Fsp3) is 0.227. The predicted molar refractivity (Wildman–Crippen MR) is 110 cm³/mol. The molecular formula is C22H24N4O3. The molecular weight excluding hydrogens is 368 g/mol. The predicted octanol–water partition coefficient (Wildman–Crippen LogP) is 2.95. The summed E-state index contributed by atoms with van der Waals surface area (Å²) >= 11 is 0. The van der Waals surface area contributed by atoms with Crippen molar-refractivity contribution >= 4 is 11.8 Å². The molecule has 0 saturated carbocycles. The molecule has 0 unspecified atom stereocenters. The largest absolute Gasteiger partial charge is 0.484 e. The van der Waals surface area contributed by atoms with E-state index in [2.05, 4.69) is 16.0 Å². The third kappa shape index (κ3) is 4.82. The van der Waals surface area contributed by atoms with E-state index in [-0.39, 0.29) is 6.61 Å². The van der Waals surface area contributed by atoms with Gasteiger partial charge in [0.1, 0.15) is 5.75 Å². The zero-order valence-corrected chi connectivity index (χ0v) is 16.9. The van der Waals surface area contributed by atoms with Gasteiger partial charge in [0.15, 0.2) is 6.61 Å². The molecule has 7 heteroatoms. The minimum absolute atomic E-state index is 0.204. The summed E-state index contributed by atoms with van der Waals surface area (Å²) in [6.45, 7) is 7.28. The highest BCUT2D eigenvalue weighted by atomic mass is 16.5. The normalized spacial score (nSPS) is 10.5. The average molecular weight is 392 g/mol. The molecule has 0 spiro atoms. The van der Waals surface area contributed by atoms with Gasteiger partial charge in [-0.3, -0.25) is 20.4 Å². The molecule has 0 aliphatic heterocycles. The Bertz CT molecular complexity index is 1020. The van der Waals surface area contributed by atoms with E-state index in [1.807, 2.05) is 69.3 Å². The molecule has 0 bridgehead atoms. The van der Waals surface area contributed by atoms with Crippen LogP contribution in [0.2, 0.25) is 0 Å². The third-order valence-corrected chi connectivity index (χ3v) is 4.40. The van der Waals surface area contributed by atoms with Crippen LogP contribution in [0.1, 0.15) is 32.9 Å². The van der Waals surface area contributed by atoms with Gasteiger partial charge >= 0.3 is 0 Å². The van der Waals surface area contributed by atoms with Crippen LogP contribution in [0.4, 0.5) is 0 Å². The van der Waals surface area contributed by atoms with Crippen LogP contribution in [0.3, 0.4) is 0 Å². The van der Waals surface area contributed by atoms with Gasteiger partial charge in [-0.2, -0.15) is 5.10 Å². The molecule has 0 aliphatic carbocycles. The van der Waals surface area contributed by atoms with Crippen molar-refractivity contribution in [3.63, 3.8) is 0 Å². The van der Waals surface area contributed by atoms with Crippen LogP contribution in [0, 0.1) is 27.7 Å². The van der Waals surface area contributed by atoms with Crippen LogP contribution < -0.4 is 15.6 Å². The van der Waals surface area contributed by atoms with Gasteiger partial charge in [-0.25, -0.2) is 4.68 Å². The first kappa shape index (κ1) is 20.1. The average Bonchev–Trinajstić information content (AvgIpc) is 2.98. The molecule has 7 nitrogen and oxygen atoms in total. The number of aryl methyl sites for hydroxylation is 3. The molecule has 1 heterocycles. The highest BCUT2D eigenvalue weighted by Gasteiger charge is 2.19. The van der Waals surface area contributed by atoms with Crippen LogP contribution in [0.15, 0.2) is 48.5 Å². The van der Waals surface area contributed by atoms with E-state index in [4.69, 9.17) is 4.74 Å². The molecule has 2 amide bonds. The lowest BCUT2D eigenvalue weighted by molar-refractivity contribution is -0.123. The molecule has 0 aliphatic rings. The summed E-state index contributed by atoms with van der Waals surface area (Å²) in [6, 6.07) is 15.3. The highest BCUT2D eigenvalue weighted by molar-refractivity contribution is 5.97. The smallest absolute Gasteiger partial charge is 0.276 e. The number of hydrogen-bond acceptors (Lipinski definition) is 4. The van der Waals surface area contributed by atoms with Crippen LogP contribution in [-0.4, -0.2) is 28.2 Å². The van der Waals surface area contributed by atoms with Crippen molar-refractivity contribution in [2.75, 3.05) is 6.61 Å². The summed E-state index contributed by atoms with van der Waals surface area (Å²) in [5.74, 6) is -0.273. The van der Waals surface area contributed by atoms with E-state index in [0.717, 1.165) is 16.8 Å². The highest BCUT2D eigenvalue weighted by Crippen LogP contribution is 2.18. The summed E-state index contributed by atoms with van der Waals surface area (Å²) < 4.78 is 7.20. The maximum absolute atomic E-state index is 12.6. The Morgan fingerprint density at radius 3 is 2.28 bits per heavy atom. The first-order chi connectivity index (χ1) is 13.8. The number of carbonyl (C=O) groups is 2. The summed E-state index contributed by atoms with van der Waals surface area (Å²) in [6.07, 6.45) is 0. The monoisotopic (exact) mass is 392 g/mol. The quantitative estimate of drug-likeness (QED) is 0.654. The van der Waals surface area contributed by atoms with E-state index in [9.17, 15) is 9.59 Å². The van der Waals surface area contributed by atoms with Crippen molar-refractivity contribution in [2.45, 2.75) is 27.7 Å². The van der Waals surface area contributed by atoms with E-state index in [0.29, 0.717) is 22.7 Å². The number of carbonyl (C=O) groups excluding carboxylic acids is 2. The fourth-order valence-corrected chi connectivity index (χ4v) is 3.18. The van der Waals surface area contributed by atoms with Crippen LogP contribution in [0.5, 0.6) is 5.75 Å². The van der Waals surface area contributed by atoms with Gasteiger partial charge in [-0.1, -0.05) is 24.3 Å². The second kappa shape index (κ2) is 8.60.